The number of nitrogens with zero attached hydrogens (tertiary/aromatic N) is 2. The van der Waals surface area contributed by atoms with Crippen LogP contribution in [0.2, 0.25) is 0 Å². The lowest BCUT2D eigenvalue weighted by Crippen LogP contribution is -2.00. The summed E-state index contributed by atoms with van der Waals surface area (Å²) in [4.78, 5) is 3.61. The van der Waals surface area contributed by atoms with E-state index in [2.05, 4.69) is 4.98 Å². The Labute approximate surface area is 73.6 Å². The summed E-state index contributed by atoms with van der Waals surface area (Å²) in [6.07, 6.45) is 2.49. The maximum absolute atomic E-state index is 11.9. The maximum Gasteiger partial charge on any atom is 0.319 e. The summed E-state index contributed by atoms with van der Waals surface area (Å²) in [6.45, 7) is -2.55. The van der Waals surface area contributed by atoms with Gasteiger partial charge in [0, 0.05) is 12.4 Å². The Morgan fingerprint density at radius 2 is 2.27 bits per heavy atom. The fourth-order valence-electron chi connectivity index (χ4n) is 0.625. The fraction of sp³-hybridized carbons (Fsp3) is 0.400. The first-order chi connectivity index (χ1) is 4.75. The van der Waals surface area contributed by atoms with Gasteiger partial charge in [-0.15, -0.1) is 24.0 Å². The number of hydrogen-bond acceptors (Lipinski definition) is 1. The van der Waals surface area contributed by atoms with Gasteiger partial charge in [0.25, 0.3) is 0 Å². The van der Waals surface area contributed by atoms with E-state index < -0.39 is 6.55 Å². The molecule has 0 aliphatic rings. The molecule has 0 aliphatic carbocycles. The van der Waals surface area contributed by atoms with E-state index in [0.29, 0.717) is 0 Å². The van der Waals surface area contributed by atoms with Gasteiger partial charge in [-0.05, 0) is 0 Å². The van der Waals surface area contributed by atoms with E-state index in [1.165, 1.54) is 12.4 Å². The molecule has 1 aromatic heterocycles. The predicted octanol–water partition coefficient (Wildman–Crippen LogP) is 2.44. The molecule has 0 radical (unpaired) electrons. The molecule has 1 rings (SSSR count). The van der Waals surface area contributed by atoms with E-state index in [1.54, 1.807) is 0 Å². The third-order valence-corrected chi connectivity index (χ3v) is 1.32. The van der Waals surface area contributed by atoms with Crippen molar-refractivity contribution >= 4 is 24.0 Å². The van der Waals surface area contributed by atoms with Gasteiger partial charge in [0.1, 0.15) is 5.82 Å². The molecule has 1 aromatic rings. The van der Waals surface area contributed by atoms with Crippen LogP contribution in [0, 0.1) is 0 Å². The van der Waals surface area contributed by atoms with Gasteiger partial charge in [0.05, 0.1) is 5.88 Å². The highest BCUT2D eigenvalue weighted by Gasteiger charge is 2.08. The summed E-state index contributed by atoms with van der Waals surface area (Å²) >= 11 is 5.30. The summed E-state index contributed by atoms with van der Waals surface area (Å²) in [7, 11) is 0. The predicted molar refractivity (Wildman–Crippen MR) is 40.3 cm³/mol. The van der Waals surface area contributed by atoms with Gasteiger partial charge >= 0.3 is 6.55 Å². The summed E-state index contributed by atoms with van der Waals surface area (Å²) in [5.41, 5.74) is 0. The molecule has 0 N–H and O–H groups in total. The largest absolute Gasteiger partial charge is 0.319 e. The van der Waals surface area contributed by atoms with Crippen molar-refractivity contribution in [1.29, 1.82) is 0 Å². The molecule has 0 spiro atoms. The van der Waals surface area contributed by atoms with Crippen LogP contribution in [0.3, 0.4) is 0 Å². The minimum Gasteiger partial charge on any atom is -0.277 e. The lowest BCUT2D eigenvalue weighted by atomic mass is 10.7. The summed E-state index contributed by atoms with van der Waals surface area (Å²) in [5.74, 6) is 0.203. The van der Waals surface area contributed by atoms with Gasteiger partial charge in [-0.1, -0.05) is 0 Å². The molecule has 0 atom stereocenters. The highest BCUT2D eigenvalue weighted by molar-refractivity contribution is 6.16. The SMILES string of the molecule is Cl.FC(F)n1ccnc1CCl. The van der Waals surface area contributed by atoms with E-state index in [-0.39, 0.29) is 24.1 Å². The smallest absolute Gasteiger partial charge is 0.277 e. The Morgan fingerprint density at radius 1 is 1.64 bits per heavy atom. The van der Waals surface area contributed by atoms with Crippen molar-refractivity contribution in [3.63, 3.8) is 0 Å². The number of hydrogen-bond donors (Lipinski definition) is 0. The number of halogens is 4. The molecule has 0 saturated carbocycles. The zero-order valence-corrected chi connectivity index (χ0v) is 6.95. The van der Waals surface area contributed by atoms with Crippen LogP contribution in [0.4, 0.5) is 8.78 Å². The molecule has 0 saturated heterocycles. The molecule has 0 unspecified atom stereocenters. The van der Waals surface area contributed by atoms with Gasteiger partial charge in [-0.25, -0.2) is 4.98 Å². The van der Waals surface area contributed by atoms with Crippen molar-refractivity contribution in [2.24, 2.45) is 0 Å². The molecule has 6 heteroatoms. The van der Waals surface area contributed by atoms with Crippen LogP contribution in [-0.4, -0.2) is 9.55 Å². The topological polar surface area (TPSA) is 17.8 Å². The van der Waals surface area contributed by atoms with Crippen LogP contribution in [0.15, 0.2) is 12.4 Å². The van der Waals surface area contributed by atoms with E-state index in [4.69, 9.17) is 11.6 Å². The van der Waals surface area contributed by atoms with E-state index >= 15 is 0 Å². The van der Waals surface area contributed by atoms with Crippen LogP contribution in [0.25, 0.3) is 0 Å². The standard InChI is InChI=1S/C5H5ClF2N2.ClH/c6-3-4-9-1-2-10(4)5(7)8;/h1-2,5H,3H2;1H. The van der Waals surface area contributed by atoms with Crippen molar-refractivity contribution in [2.45, 2.75) is 12.4 Å². The second kappa shape index (κ2) is 4.51. The molecular weight excluding hydrogens is 197 g/mol. The molecule has 0 bridgehead atoms. The average Bonchev–Trinajstić information content (AvgIpc) is 2.33. The number of rotatable bonds is 2. The summed E-state index contributed by atoms with van der Waals surface area (Å²) in [5, 5.41) is 0. The van der Waals surface area contributed by atoms with Crippen molar-refractivity contribution < 1.29 is 8.78 Å². The maximum atomic E-state index is 11.9. The van der Waals surface area contributed by atoms with Crippen LogP contribution in [0.1, 0.15) is 12.4 Å². The van der Waals surface area contributed by atoms with Crippen molar-refractivity contribution in [3.8, 4) is 0 Å². The van der Waals surface area contributed by atoms with Crippen LogP contribution in [0.5, 0.6) is 0 Å². The van der Waals surface area contributed by atoms with Crippen LogP contribution >= 0.6 is 24.0 Å². The zero-order valence-electron chi connectivity index (χ0n) is 5.38. The Morgan fingerprint density at radius 3 is 2.64 bits per heavy atom. The highest BCUT2D eigenvalue weighted by atomic mass is 35.5. The number of imidazole rings is 1. The second-order valence-electron chi connectivity index (χ2n) is 1.66. The first-order valence-electron chi connectivity index (χ1n) is 2.61. The van der Waals surface area contributed by atoms with E-state index in [0.717, 1.165) is 4.57 Å². The van der Waals surface area contributed by atoms with Gasteiger partial charge in [0.2, 0.25) is 0 Å². The van der Waals surface area contributed by atoms with E-state index in [9.17, 15) is 8.78 Å². The minimum atomic E-state index is -2.55. The van der Waals surface area contributed by atoms with Crippen molar-refractivity contribution in [2.75, 3.05) is 0 Å². The Kier molecular flexibility index (Phi) is 4.37. The summed E-state index contributed by atoms with van der Waals surface area (Å²) in [6, 6.07) is 0. The quantitative estimate of drug-likeness (QED) is 0.675. The molecule has 0 fully saturated rings. The first kappa shape index (κ1) is 10.7. The number of aromatic nitrogens is 2. The van der Waals surface area contributed by atoms with Gasteiger partial charge in [-0.2, -0.15) is 8.78 Å². The summed E-state index contributed by atoms with van der Waals surface area (Å²) < 4.78 is 24.6. The second-order valence-corrected chi connectivity index (χ2v) is 1.93. The molecule has 1 heterocycles. The minimum absolute atomic E-state index is 0. The van der Waals surface area contributed by atoms with Crippen LogP contribution in [-0.2, 0) is 5.88 Å². The van der Waals surface area contributed by atoms with Gasteiger partial charge < -0.3 is 0 Å². The molecule has 0 amide bonds. The molecule has 2 nitrogen and oxygen atoms in total. The normalized spacial score (nSPS) is 9.82. The zero-order chi connectivity index (χ0) is 7.56. The third kappa shape index (κ3) is 2.31. The molecule has 64 valence electrons. The average molecular weight is 203 g/mol. The third-order valence-electron chi connectivity index (χ3n) is 1.08. The lowest BCUT2D eigenvalue weighted by Gasteiger charge is -2.01. The Hall–Kier alpha value is -0.350. The van der Waals surface area contributed by atoms with Crippen molar-refractivity contribution in [1.82, 2.24) is 9.55 Å². The monoisotopic (exact) mass is 202 g/mol. The highest BCUT2D eigenvalue weighted by Crippen LogP contribution is 2.13. The number of alkyl halides is 3. The fourth-order valence-corrected chi connectivity index (χ4v) is 0.832. The Balaban J connectivity index is 0.000001000. The van der Waals surface area contributed by atoms with Gasteiger partial charge in [-0.3, -0.25) is 4.57 Å². The molecular formula is C5H6Cl2F2N2. The lowest BCUT2D eigenvalue weighted by molar-refractivity contribution is 0.0677. The molecule has 0 aliphatic heterocycles. The Bertz CT molecular complexity index is 214. The van der Waals surface area contributed by atoms with Crippen molar-refractivity contribution in [3.05, 3.63) is 18.2 Å². The van der Waals surface area contributed by atoms with E-state index in [1.807, 2.05) is 0 Å². The van der Waals surface area contributed by atoms with Gasteiger partial charge in [0.15, 0.2) is 0 Å². The first-order valence-corrected chi connectivity index (χ1v) is 3.15. The molecule has 0 aromatic carbocycles. The molecule has 11 heavy (non-hydrogen) atoms. The van der Waals surface area contributed by atoms with Crippen LogP contribution < -0.4 is 0 Å².